The van der Waals surface area contributed by atoms with Crippen molar-refractivity contribution in [3.05, 3.63) is 17.5 Å². The summed E-state index contributed by atoms with van der Waals surface area (Å²) in [5.41, 5.74) is 2.50. The molecule has 0 aliphatic carbocycles. The Hall–Kier alpha value is -0.870. The van der Waals surface area contributed by atoms with E-state index < -0.39 is 0 Å². The minimum absolute atomic E-state index is 0.336. The number of nitrogens with zero attached hydrogens (tertiary/aromatic N) is 2. The monoisotopic (exact) mass is 237 g/mol. The Labute approximate surface area is 103 Å². The Morgan fingerprint density at radius 1 is 1.59 bits per heavy atom. The van der Waals surface area contributed by atoms with Crippen molar-refractivity contribution in [3.63, 3.8) is 0 Å². The third-order valence-corrected chi connectivity index (χ3v) is 3.71. The fourth-order valence-corrected chi connectivity index (χ4v) is 2.39. The predicted octanol–water partition coefficient (Wildman–Crippen LogP) is 1.95. The lowest BCUT2D eigenvalue weighted by Crippen LogP contribution is -2.29. The van der Waals surface area contributed by atoms with Crippen LogP contribution in [-0.2, 0) is 11.8 Å². The van der Waals surface area contributed by atoms with Gasteiger partial charge < -0.3 is 10.1 Å². The Morgan fingerprint density at radius 2 is 2.35 bits per heavy atom. The van der Waals surface area contributed by atoms with Gasteiger partial charge in [0.05, 0.1) is 18.4 Å². The smallest absolute Gasteiger partial charge is 0.0704 e. The Kier molecular flexibility index (Phi) is 3.84. The van der Waals surface area contributed by atoms with Gasteiger partial charge in [0.15, 0.2) is 0 Å². The van der Waals surface area contributed by atoms with Crippen LogP contribution < -0.4 is 5.32 Å². The molecule has 0 spiro atoms. The summed E-state index contributed by atoms with van der Waals surface area (Å²) in [5, 5.41) is 7.81. The SMILES string of the molecule is Cc1c(C(C)NCC2CCC(C)O2)cnn1C. The summed E-state index contributed by atoms with van der Waals surface area (Å²) in [6.07, 6.45) is 5.12. The van der Waals surface area contributed by atoms with Crippen molar-refractivity contribution in [1.29, 1.82) is 0 Å². The van der Waals surface area contributed by atoms with Crippen LogP contribution >= 0.6 is 0 Å². The van der Waals surface area contributed by atoms with E-state index in [4.69, 9.17) is 4.74 Å². The maximum Gasteiger partial charge on any atom is 0.0704 e. The van der Waals surface area contributed by atoms with Gasteiger partial charge >= 0.3 is 0 Å². The van der Waals surface area contributed by atoms with E-state index in [1.165, 1.54) is 24.1 Å². The van der Waals surface area contributed by atoms with Crippen molar-refractivity contribution in [2.45, 2.75) is 51.9 Å². The quantitative estimate of drug-likeness (QED) is 0.870. The molecule has 0 radical (unpaired) electrons. The van der Waals surface area contributed by atoms with Gasteiger partial charge in [-0.1, -0.05) is 0 Å². The predicted molar refractivity (Wildman–Crippen MR) is 67.9 cm³/mol. The second-order valence-electron chi connectivity index (χ2n) is 5.08. The molecule has 17 heavy (non-hydrogen) atoms. The average molecular weight is 237 g/mol. The maximum absolute atomic E-state index is 5.80. The standard InChI is InChI=1S/C13H23N3O/c1-9-5-6-12(17-9)7-14-10(2)13-8-15-16(4)11(13)3/h8-10,12,14H,5-7H2,1-4H3. The van der Waals surface area contributed by atoms with E-state index in [-0.39, 0.29) is 0 Å². The fourth-order valence-electron chi connectivity index (χ4n) is 2.39. The summed E-state index contributed by atoms with van der Waals surface area (Å²) in [4.78, 5) is 0. The third-order valence-electron chi connectivity index (χ3n) is 3.71. The molecule has 0 bridgehead atoms. The highest BCUT2D eigenvalue weighted by atomic mass is 16.5. The number of ether oxygens (including phenoxy) is 1. The van der Waals surface area contributed by atoms with Crippen LogP contribution in [0.5, 0.6) is 0 Å². The topological polar surface area (TPSA) is 39.1 Å². The molecule has 4 heteroatoms. The molecule has 0 saturated carbocycles. The van der Waals surface area contributed by atoms with Crippen LogP contribution in [0.15, 0.2) is 6.20 Å². The highest BCUT2D eigenvalue weighted by Gasteiger charge is 2.22. The molecule has 3 unspecified atom stereocenters. The number of aromatic nitrogens is 2. The van der Waals surface area contributed by atoms with Crippen LogP contribution in [0.4, 0.5) is 0 Å². The molecule has 2 rings (SSSR count). The first kappa shape index (κ1) is 12.6. The van der Waals surface area contributed by atoms with E-state index in [1.54, 1.807) is 0 Å². The number of aryl methyl sites for hydroxylation is 1. The summed E-state index contributed by atoms with van der Waals surface area (Å²) in [6, 6.07) is 0.336. The average Bonchev–Trinajstić information content (AvgIpc) is 2.84. The van der Waals surface area contributed by atoms with E-state index in [0.29, 0.717) is 18.2 Å². The maximum atomic E-state index is 5.80. The van der Waals surface area contributed by atoms with Gasteiger partial charge in [-0.2, -0.15) is 5.10 Å². The van der Waals surface area contributed by atoms with Gasteiger partial charge in [-0.15, -0.1) is 0 Å². The van der Waals surface area contributed by atoms with Crippen LogP contribution in [0, 0.1) is 6.92 Å². The second-order valence-corrected chi connectivity index (χ2v) is 5.08. The molecule has 0 amide bonds. The summed E-state index contributed by atoms with van der Waals surface area (Å²) >= 11 is 0. The van der Waals surface area contributed by atoms with Gasteiger partial charge in [0.2, 0.25) is 0 Å². The molecule has 1 N–H and O–H groups in total. The molecule has 96 valence electrons. The van der Waals surface area contributed by atoms with Gasteiger partial charge in [-0.05, 0) is 33.6 Å². The molecule has 4 nitrogen and oxygen atoms in total. The molecule has 1 aliphatic rings. The fraction of sp³-hybridized carbons (Fsp3) is 0.769. The Bertz CT molecular complexity index is 375. The molecule has 3 atom stereocenters. The largest absolute Gasteiger partial charge is 0.374 e. The summed E-state index contributed by atoms with van der Waals surface area (Å²) in [6.45, 7) is 7.37. The van der Waals surface area contributed by atoms with Gasteiger partial charge in [0.1, 0.15) is 0 Å². The first-order valence-corrected chi connectivity index (χ1v) is 6.45. The molecule has 1 aliphatic heterocycles. The lowest BCUT2D eigenvalue weighted by atomic mass is 10.1. The number of hydrogen-bond donors (Lipinski definition) is 1. The van der Waals surface area contributed by atoms with Crippen molar-refractivity contribution in [1.82, 2.24) is 15.1 Å². The second kappa shape index (κ2) is 5.19. The lowest BCUT2D eigenvalue weighted by Gasteiger charge is -2.17. The Morgan fingerprint density at radius 3 is 2.88 bits per heavy atom. The van der Waals surface area contributed by atoms with Crippen molar-refractivity contribution in [3.8, 4) is 0 Å². The van der Waals surface area contributed by atoms with E-state index in [9.17, 15) is 0 Å². The molecule has 1 aromatic heterocycles. The van der Waals surface area contributed by atoms with E-state index in [1.807, 2.05) is 17.9 Å². The van der Waals surface area contributed by atoms with Gasteiger partial charge in [-0.3, -0.25) is 4.68 Å². The summed E-state index contributed by atoms with van der Waals surface area (Å²) < 4.78 is 7.72. The van der Waals surface area contributed by atoms with Crippen LogP contribution in [-0.4, -0.2) is 28.5 Å². The van der Waals surface area contributed by atoms with Crippen LogP contribution in [0.25, 0.3) is 0 Å². The van der Waals surface area contributed by atoms with Crippen molar-refractivity contribution in [2.75, 3.05) is 6.54 Å². The normalized spacial score (nSPS) is 26.4. The zero-order chi connectivity index (χ0) is 12.4. The van der Waals surface area contributed by atoms with Gasteiger partial charge in [0.25, 0.3) is 0 Å². The molecular formula is C13H23N3O. The van der Waals surface area contributed by atoms with E-state index in [0.717, 1.165) is 6.54 Å². The van der Waals surface area contributed by atoms with Gasteiger partial charge in [0, 0.05) is 30.9 Å². The first-order chi connectivity index (χ1) is 8.08. The first-order valence-electron chi connectivity index (χ1n) is 6.45. The van der Waals surface area contributed by atoms with Crippen LogP contribution in [0.2, 0.25) is 0 Å². The van der Waals surface area contributed by atoms with Crippen molar-refractivity contribution >= 4 is 0 Å². The zero-order valence-corrected chi connectivity index (χ0v) is 11.2. The summed E-state index contributed by atoms with van der Waals surface area (Å²) in [5.74, 6) is 0. The van der Waals surface area contributed by atoms with Crippen LogP contribution in [0.3, 0.4) is 0 Å². The Balaban J connectivity index is 1.85. The molecule has 1 aromatic rings. The van der Waals surface area contributed by atoms with Gasteiger partial charge in [-0.25, -0.2) is 0 Å². The summed E-state index contributed by atoms with van der Waals surface area (Å²) in [7, 11) is 1.98. The van der Waals surface area contributed by atoms with E-state index in [2.05, 4.69) is 31.2 Å². The molecule has 1 saturated heterocycles. The molecule has 0 aromatic carbocycles. The van der Waals surface area contributed by atoms with E-state index >= 15 is 0 Å². The highest BCUT2D eigenvalue weighted by molar-refractivity contribution is 5.19. The lowest BCUT2D eigenvalue weighted by molar-refractivity contribution is 0.0546. The van der Waals surface area contributed by atoms with Crippen molar-refractivity contribution < 1.29 is 4.74 Å². The third kappa shape index (κ3) is 2.87. The zero-order valence-electron chi connectivity index (χ0n) is 11.2. The highest BCUT2D eigenvalue weighted by Crippen LogP contribution is 2.20. The molecular weight excluding hydrogens is 214 g/mol. The molecule has 1 fully saturated rings. The minimum Gasteiger partial charge on any atom is -0.374 e. The number of hydrogen-bond acceptors (Lipinski definition) is 3. The molecule has 2 heterocycles. The van der Waals surface area contributed by atoms with Crippen molar-refractivity contribution in [2.24, 2.45) is 7.05 Å². The van der Waals surface area contributed by atoms with Crippen LogP contribution in [0.1, 0.15) is 44.0 Å². The minimum atomic E-state index is 0.336. The number of nitrogens with one attached hydrogen (secondary N) is 1. The number of rotatable bonds is 4.